The molecule has 43 heavy (non-hydrogen) atoms. The molecule has 0 bridgehead atoms. The smallest absolute Gasteiger partial charge is 0.216 e. The van der Waals surface area contributed by atoms with Crippen molar-refractivity contribution in [1.29, 1.82) is 0 Å². The summed E-state index contributed by atoms with van der Waals surface area (Å²) in [6, 6.07) is 11.0. The first-order valence-electron chi connectivity index (χ1n) is 16.1. The quantitative estimate of drug-likeness (QED) is 0.259. The molecule has 0 radical (unpaired) electrons. The molecular formula is C35H42FN5O2. The van der Waals surface area contributed by atoms with Gasteiger partial charge in [-0.05, 0) is 98.3 Å². The SMILES string of the molecule is CCc1cccc2cc(O)cc(-c3nnc4c(N5CC(C)CCC(C)C5)nc(OCC56CCCN5CCC6)cc4c3F)c12. The second kappa shape index (κ2) is 11.2. The number of aryl methyl sites for hydroxylation is 1. The largest absolute Gasteiger partial charge is 0.508 e. The third-order valence-electron chi connectivity index (χ3n) is 10.1. The minimum absolute atomic E-state index is 0.0552. The van der Waals surface area contributed by atoms with Gasteiger partial charge >= 0.3 is 0 Å². The topological polar surface area (TPSA) is 74.6 Å². The maximum absolute atomic E-state index is 16.9. The minimum Gasteiger partial charge on any atom is -0.508 e. The summed E-state index contributed by atoms with van der Waals surface area (Å²) in [4.78, 5) is 9.85. The van der Waals surface area contributed by atoms with Crippen LogP contribution in [0, 0.1) is 17.7 Å². The fourth-order valence-electron chi connectivity index (χ4n) is 7.90. The number of phenolic OH excluding ortho intramolecular Hbond substituents is 1. The summed E-state index contributed by atoms with van der Waals surface area (Å²) in [7, 11) is 0. The highest BCUT2D eigenvalue weighted by atomic mass is 19.1. The van der Waals surface area contributed by atoms with E-state index in [-0.39, 0.29) is 17.0 Å². The Hall–Kier alpha value is -3.52. The van der Waals surface area contributed by atoms with E-state index in [4.69, 9.17) is 9.72 Å². The minimum atomic E-state index is -0.464. The van der Waals surface area contributed by atoms with E-state index in [1.54, 1.807) is 18.2 Å². The van der Waals surface area contributed by atoms with E-state index in [1.807, 2.05) is 18.2 Å². The van der Waals surface area contributed by atoms with Crippen molar-refractivity contribution < 1.29 is 14.2 Å². The van der Waals surface area contributed by atoms with Gasteiger partial charge in [-0.25, -0.2) is 4.39 Å². The van der Waals surface area contributed by atoms with Gasteiger partial charge in [0.05, 0.1) is 5.54 Å². The molecule has 2 atom stereocenters. The highest BCUT2D eigenvalue weighted by molar-refractivity contribution is 6.01. The summed E-state index contributed by atoms with van der Waals surface area (Å²) in [6.07, 6.45) is 7.71. The molecule has 0 aliphatic carbocycles. The summed E-state index contributed by atoms with van der Waals surface area (Å²) >= 11 is 0. The average Bonchev–Trinajstić information content (AvgIpc) is 3.53. The highest BCUT2D eigenvalue weighted by Gasteiger charge is 2.45. The van der Waals surface area contributed by atoms with Gasteiger partial charge in [-0.1, -0.05) is 39.0 Å². The van der Waals surface area contributed by atoms with E-state index < -0.39 is 5.82 Å². The number of hydrogen-bond donors (Lipinski definition) is 1. The van der Waals surface area contributed by atoms with Crippen molar-refractivity contribution in [3.63, 3.8) is 0 Å². The number of nitrogens with zero attached hydrogens (tertiary/aromatic N) is 5. The molecule has 0 amide bonds. The lowest BCUT2D eigenvalue weighted by molar-refractivity contribution is 0.111. The van der Waals surface area contributed by atoms with Crippen LogP contribution in [-0.2, 0) is 6.42 Å². The van der Waals surface area contributed by atoms with Crippen molar-refractivity contribution in [3.8, 4) is 22.9 Å². The normalized spacial score (nSPS) is 22.3. The van der Waals surface area contributed by atoms with Crippen molar-refractivity contribution in [1.82, 2.24) is 20.1 Å². The predicted molar refractivity (Wildman–Crippen MR) is 169 cm³/mol. The van der Waals surface area contributed by atoms with Gasteiger partial charge in [0.15, 0.2) is 11.6 Å². The number of aromatic hydroxyl groups is 1. The number of phenols is 1. The van der Waals surface area contributed by atoms with Crippen molar-refractivity contribution in [3.05, 3.63) is 47.8 Å². The van der Waals surface area contributed by atoms with E-state index >= 15 is 4.39 Å². The van der Waals surface area contributed by atoms with Gasteiger partial charge in [-0.3, -0.25) is 4.90 Å². The molecule has 0 saturated carbocycles. The molecule has 3 saturated heterocycles. The van der Waals surface area contributed by atoms with E-state index in [1.165, 1.54) is 12.8 Å². The monoisotopic (exact) mass is 583 g/mol. The van der Waals surface area contributed by atoms with Gasteiger partial charge in [0.2, 0.25) is 5.88 Å². The molecule has 3 fully saturated rings. The standard InChI is InChI=1S/C35H42FN5O2/c1-4-24-8-5-9-25-16-26(42)17-27(30(24)25)32-31(36)28-18-29(43-21-35-12-6-14-41(35)15-7-13-35)37-34(33(28)39-38-32)40-19-22(2)10-11-23(3)20-40/h5,8-9,16-18,22-23,42H,4,6-7,10-15,19-21H2,1-3H3. The Morgan fingerprint density at radius 1 is 1.02 bits per heavy atom. The molecule has 226 valence electrons. The summed E-state index contributed by atoms with van der Waals surface area (Å²) < 4.78 is 23.4. The Bertz CT molecular complexity index is 1650. The average molecular weight is 584 g/mol. The summed E-state index contributed by atoms with van der Waals surface area (Å²) in [5, 5.41) is 21.8. The maximum atomic E-state index is 16.9. The molecule has 2 aromatic heterocycles. The van der Waals surface area contributed by atoms with Crippen LogP contribution < -0.4 is 9.64 Å². The van der Waals surface area contributed by atoms with E-state index in [0.717, 1.165) is 74.6 Å². The van der Waals surface area contributed by atoms with E-state index in [2.05, 4.69) is 40.8 Å². The lowest BCUT2D eigenvalue weighted by atomic mass is 9.95. The Balaban J connectivity index is 1.38. The number of fused-ring (bicyclic) bond motifs is 3. The van der Waals surface area contributed by atoms with Crippen LogP contribution in [0.4, 0.5) is 10.2 Å². The maximum Gasteiger partial charge on any atom is 0.216 e. The van der Waals surface area contributed by atoms with Crippen molar-refractivity contribution in [2.24, 2.45) is 11.8 Å². The van der Waals surface area contributed by atoms with Crippen LogP contribution in [0.15, 0.2) is 36.4 Å². The molecule has 3 aliphatic rings. The molecule has 3 aliphatic heterocycles. The van der Waals surface area contributed by atoms with E-state index in [9.17, 15) is 5.11 Å². The lowest BCUT2D eigenvalue weighted by Crippen LogP contribution is -2.43. The fourth-order valence-corrected chi connectivity index (χ4v) is 7.90. The zero-order valence-corrected chi connectivity index (χ0v) is 25.6. The second-order valence-corrected chi connectivity index (χ2v) is 13.3. The van der Waals surface area contributed by atoms with Crippen molar-refractivity contribution in [2.45, 2.75) is 71.3 Å². The molecule has 2 unspecified atom stereocenters. The summed E-state index contributed by atoms with van der Waals surface area (Å²) in [5.74, 6) is 1.66. The lowest BCUT2D eigenvalue weighted by Gasteiger charge is -2.32. The zero-order chi connectivity index (χ0) is 29.7. The van der Waals surface area contributed by atoms with Crippen molar-refractivity contribution >= 4 is 27.5 Å². The zero-order valence-electron chi connectivity index (χ0n) is 25.6. The van der Waals surface area contributed by atoms with Crippen LogP contribution in [-0.4, -0.2) is 63.5 Å². The summed E-state index contributed by atoms with van der Waals surface area (Å²) in [5.41, 5.74) is 2.25. The first kappa shape index (κ1) is 28.3. The number of anilines is 1. The predicted octanol–water partition coefficient (Wildman–Crippen LogP) is 7.13. The third kappa shape index (κ3) is 5.07. The molecule has 0 spiro atoms. The Morgan fingerprint density at radius 2 is 1.77 bits per heavy atom. The van der Waals surface area contributed by atoms with Crippen LogP contribution >= 0.6 is 0 Å². The van der Waals surface area contributed by atoms with Gasteiger partial charge in [-0.15, -0.1) is 10.2 Å². The molecule has 1 N–H and O–H groups in total. The van der Waals surface area contributed by atoms with Gasteiger partial charge in [0.25, 0.3) is 0 Å². The second-order valence-electron chi connectivity index (χ2n) is 13.3. The first-order chi connectivity index (χ1) is 20.8. The van der Waals surface area contributed by atoms with Gasteiger partial charge in [-0.2, -0.15) is 4.98 Å². The van der Waals surface area contributed by atoms with Gasteiger partial charge < -0.3 is 14.7 Å². The summed E-state index contributed by atoms with van der Waals surface area (Å²) in [6.45, 7) is 11.1. The fraction of sp³-hybridized carbons (Fsp3) is 0.514. The number of halogens is 1. The van der Waals surface area contributed by atoms with E-state index in [0.29, 0.717) is 46.6 Å². The number of pyridine rings is 1. The first-order valence-corrected chi connectivity index (χ1v) is 16.1. The molecule has 2 aromatic carbocycles. The Labute approximate surface area is 253 Å². The molecule has 7 rings (SSSR count). The molecule has 5 heterocycles. The third-order valence-corrected chi connectivity index (χ3v) is 10.1. The Morgan fingerprint density at radius 3 is 2.49 bits per heavy atom. The number of ether oxygens (including phenoxy) is 1. The number of hydrogen-bond acceptors (Lipinski definition) is 7. The molecule has 8 heteroatoms. The molecule has 7 nitrogen and oxygen atoms in total. The van der Waals surface area contributed by atoms with Crippen LogP contribution in [0.1, 0.15) is 64.9 Å². The highest BCUT2D eigenvalue weighted by Crippen LogP contribution is 2.41. The van der Waals surface area contributed by atoms with Crippen LogP contribution in [0.5, 0.6) is 11.6 Å². The van der Waals surface area contributed by atoms with Crippen LogP contribution in [0.2, 0.25) is 0 Å². The number of aromatic nitrogens is 3. The number of benzene rings is 2. The molecule has 4 aromatic rings. The van der Waals surface area contributed by atoms with Crippen molar-refractivity contribution in [2.75, 3.05) is 37.7 Å². The van der Waals surface area contributed by atoms with Crippen LogP contribution in [0.25, 0.3) is 32.9 Å². The Kier molecular flexibility index (Phi) is 7.36. The molecular weight excluding hydrogens is 541 g/mol. The number of rotatable bonds is 6. The van der Waals surface area contributed by atoms with Crippen LogP contribution in [0.3, 0.4) is 0 Å². The van der Waals surface area contributed by atoms with Gasteiger partial charge in [0, 0.05) is 30.1 Å². The van der Waals surface area contributed by atoms with Gasteiger partial charge in [0.1, 0.15) is 23.6 Å².